The number of hydrogen-bond donors (Lipinski definition) is 2. The maximum absolute atomic E-state index is 9.58. The van der Waals surface area contributed by atoms with E-state index >= 15 is 0 Å². The molecule has 1 aliphatic rings. The first kappa shape index (κ1) is 16.6. The monoisotopic (exact) mass is 327 g/mol. The molecule has 24 heavy (non-hydrogen) atoms. The highest BCUT2D eigenvalue weighted by Crippen LogP contribution is 2.23. The summed E-state index contributed by atoms with van der Waals surface area (Å²) in [5.74, 6) is 0.960. The van der Waals surface area contributed by atoms with Crippen LogP contribution < -0.4 is 10.1 Å². The molecular formula is C19H25N3O2. The molecule has 1 saturated heterocycles. The van der Waals surface area contributed by atoms with Crippen molar-refractivity contribution >= 4 is 5.69 Å². The van der Waals surface area contributed by atoms with Crippen molar-refractivity contribution in [3.05, 3.63) is 48.2 Å². The van der Waals surface area contributed by atoms with Gasteiger partial charge >= 0.3 is 0 Å². The van der Waals surface area contributed by atoms with E-state index in [1.165, 1.54) is 0 Å². The van der Waals surface area contributed by atoms with Crippen LogP contribution in [0, 0.1) is 0 Å². The summed E-state index contributed by atoms with van der Waals surface area (Å²) in [5.41, 5.74) is 1.96. The number of aromatic hydroxyl groups is 1. The van der Waals surface area contributed by atoms with Crippen LogP contribution in [0.2, 0.25) is 0 Å². The number of pyridine rings is 1. The lowest BCUT2D eigenvalue weighted by Gasteiger charge is -2.28. The van der Waals surface area contributed by atoms with E-state index < -0.39 is 0 Å². The maximum atomic E-state index is 9.58. The molecule has 128 valence electrons. The van der Waals surface area contributed by atoms with Crippen LogP contribution in [0.25, 0.3) is 0 Å². The van der Waals surface area contributed by atoms with Gasteiger partial charge in [-0.25, -0.2) is 4.98 Å². The van der Waals surface area contributed by atoms with E-state index in [0.29, 0.717) is 5.88 Å². The smallest absolute Gasteiger partial charge is 0.213 e. The van der Waals surface area contributed by atoms with Gasteiger partial charge in [0.2, 0.25) is 5.88 Å². The molecule has 2 aromatic rings. The lowest BCUT2D eigenvalue weighted by Crippen LogP contribution is -2.35. The predicted octanol–water partition coefficient (Wildman–Crippen LogP) is 3.43. The first-order chi connectivity index (χ1) is 11.6. The molecule has 2 N–H and O–H groups in total. The van der Waals surface area contributed by atoms with Crippen molar-refractivity contribution < 1.29 is 9.84 Å². The Hall–Kier alpha value is -2.27. The fourth-order valence-electron chi connectivity index (χ4n) is 2.94. The third-order valence-electron chi connectivity index (χ3n) is 4.44. The molecule has 0 amide bonds. The summed E-state index contributed by atoms with van der Waals surface area (Å²) in [7, 11) is 2.14. The predicted molar refractivity (Wildman–Crippen MR) is 95.5 cm³/mol. The number of ether oxygens (including phenoxy) is 1. The van der Waals surface area contributed by atoms with E-state index in [0.717, 1.165) is 37.2 Å². The molecule has 2 heterocycles. The third-order valence-corrected chi connectivity index (χ3v) is 4.44. The van der Waals surface area contributed by atoms with E-state index in [-0.39, 0.29) is 17.9 Å². The number of benzene rings is 1. The number of phenols is 1. The topological polar surface area (TPSA) is 57.6 Å². The number of anilines is 1. The van der Waals surface area contributed by atoms with Gasteiger partial charge in [0, 0.05) is 25.2 Å². The Morgan fingerprint density at radius 3 is 2.71 bits per heavy atom. The standard InChI is InChI=1S/C19H25N3O2/c1-14(15-4-3-5-17(23)12-15)21-16-6-7-19(20-13-16)24-18-8-10-22(2)11-9-18/h3-7,12-14,18,21,23H,8-11H2,1-2H3/t14-/m0/s1. The SMILES string of the molecule is C[C@H](Nc1ccc(OC2CCN(C)CC2)nc1)c1cccc(O)c1. The Labute approximate surface area is 143 Å². The van der Waals surface area contributed by atoms with Crippen molar-refractivity contribution in [1.29, 1.82) is 0 Å². The number of aromatic nitrogens is 1. The minimum atomic E-state index is 0.0829. The minimum Gasteiger partial charge on any atom is -0.508 e. The summed E-state index contributed by atoms with van der Waals surface area (Å²) < 4.78 is 5.97. The zero-order valence-corrected chi connectivity index (χ0v) is 14.3. The first-order valence-electron chi connectivity index (χ1n) is 8.47. The normalized spacial score (nSPS) is 17.4. The Bertz CT molecular complexity index is 652. The molecule has 0 unspecified atom stereocenters. The Balaban J connectivity index is 1.56. The number of nitrogens with zero attached hydrogens (tertiary/aromatic N) is 2. The van der Waals surface area contributed by atoms with Gasteiger partial charge in [0.05, 0.1) is 11.9 Å². The molecule has 0 radical (unpaired) electrons. The van der Waals surface area contributed by atoms with Crippen LogP contribution in [0.4, 0.5) is 5.69 Å². The average molecular weight is 327 g/mol. The molecule has 3 rings (SSSR count). The molecule has 1 atom stereocenters. The Morgan fingerprint density at radius 1 is 1.25 bits per heavy atom. The number of piperidine rings is 1. The van der Waals surface area contributed by atoms with Gasteiger partial charge in [-0.15, -0.1) is 0 Å². The zero-order valence-electron chi connectivity index (χ0n) is 14.3. The van der Waals surface area contributed by atoms with Gasteiger partial charge in [-0.1, -0.05) is 12.1 Å². The van der Waals surface area contributed by atoms with Crippen molar-refractivity contribution in [3.63, 3.8) is 0 Å². The summed E-state index contributed by atoms with van der Waals surface area (Å²) in [6.45, 7) is 4.20. The van der Waals surface area contributed by atoms with Crippen LogP contribution in [-0.2, 0) is 0 Å². The number of rotatable bonds is 5. The lowest BCUT2D eigenvalue weighted by atomic mass is 10.1. The van der Waals surface area contributed by atoms with E-state index in [4.69, 9.17) is 4.74 Å². The zero-order chi connectivity index (χ0) is 16.9. The van der Waals surface area contributed by atoms with Crippen LogP contribution in [0.15, 0.2) is 42.6 Å². The fraction of sp³-hybridized carbons (Fsp3) is 0.421. The van der Waals surface area contributed by atoms with E-state index in [1.807, 2.05) is 24.3 Å². The molecular weight excluding hydrogens is 302 g/mol. The Kier molecular flexibility index (Phi) is 5.20. The van der Waals surface area contributed by atoms with E-state index in [2.05, 4.69) is 29.2 Å². The fourth-order valence-corrected chi connectivity index (χ4v) is 2.94. The minimum absolute atomic E-state index is 0.0829. The van der Waals surface area contributed by atoms with Crippen molar-refractivity contribution in [2.45, 2.75) is 31.9 Å². The quantitative estimate of drug-likeness (QED) is 0.881. The molecule has 0 bridgehead atoms. The van der Waals surface area contributed by atoms with Crippen LogP contribution >= 0.6 is 0 Å². The summed E-state index contributed by atoms with van der Waals surface area (Å²) in [6, 6.07) is 11.3. The largest absolute Gasteiger partial charge is 0.508 e. The van der Waals surface area contributed by atoms with Gasteiger partial charge in [0.15, 0.2) is 0 Å². The molecule has 1 aromatic heterocycles. The molecule has 1 aliphatic heterocycles. The lowest BCUT2D eigenvalue weighted by molar-refractivity contribution is 0.110. The van der Waals surface area contributed by atoms with Crippen LogP contribution in [0.1, 0.15) is 31.4 Å². The van der Waals surface area contributed by atoms with Crippen LogP contribution in [-0.4, -0.2) is 41.2 Å². The molecule has 0 aliphatic carbocycles. The van der Waals surface area contributed by atoms with Gasteiger partial charge < -0.3 is 20.1 Å². The second-order valence-corrected chi connectivity index (χ2v) is 6.47. The highest BCUT2D eigenvalue weighted by molar-refractivity contribution is 5.45. The maximum Gasteiger partial charge on any atom is 0.213 e. The number of hydrogen-bond acceptors (Lipinski definition) is 5. The van der Waals surface area contributed by atoms with Crippen molar-refractivity contribution in [2.24, 2.45) is 0 Å². The molecule has 5 nitrogen and oxygen atoms in total. The number of phenolic OH excluding ortho intramolecular Hbond substituents is 1. The summed E-state index contributed by atoms with van der Waals surface area (Å²) in [4.78, 5) is 6.73. The van der Waals surface area contributed by atoms with Gasteiger partial charge in [-0.3, -0.25) is 0 Å². The average Bonchev–Trinajstić information content (AvgIpc) is 2.59. The first-order valence-corrected chi connectivity index (χ1v) is 8.47. The van der Waals surface area contributed by atoms with Crippen molar-refractivity contribution in [2.75, 3.05) is 25.5 Å². The molecule has 1 aromatic carbocycles. The molecule has 5 heteroatoms. The van der Waals surface area contributed by atoms with Crippen LogP contribution in [0.5, 0.6) is 11.6 Å². The summed E-state index contributed by atoms with van der Waals surface area (Å²) >= 11 is 0. The highest BCUT2D eigenvalue weighted by Gasteiger charge is 2.18. The van der Waals surface area contributed by atoms with Crippen LogP contribution in [0.3, 0.4) is 0 Å². The second kappa shape index (κ2) is 7.53. The second-order valence-electron chi connectivity index (χ2n) is 6.47. The molecule has 1 fully saturated rings. The third kappa shape index (κ3) is 4.38. The van der Waals surface area contributed by atoms with E-state index in [9.17, 15) is 5.11 Å². The van der Waals surface area contributed by atoms with E-state index in [1.54, 1.807) is 18.3 Å². The number of nitrogens with one attached hydrogen (secondary N) is 1. The summed E-state index contributed by atoms with van der Waals surface area (Å²) in [5, 5.41) is 13.0. The molecule has 0 saturated carbocycles. The van der Waals surface area contributed by atoms with Gasteiger partial charge in [-0.2, -0.15) is 0 Å². The Morgan fingerprint density at radius 2 is 2.04 bits per heavy atom. The van der Waals surface area contributed by atoms with Gasteiger partial charge in [0.25, 0.3) is 0 Å². The van der Waals surface area contributed by atoms with Crippen molar-refractivity contribution in [1.82, 2.24) is 9.88 Å². The van der Waals surface area contributed by atoms with Gasteiger partial charge in [0.1, 0.15) is 11.9 Å². The molecule has 0 spiro atoms. The number of likely N-dealkylation sites (tertiary alicyclic amines) is 1. The van der Waals surface area contributed by atoms with Crippen molar-refractivity contribution in [3.8, 4) is 11.6 Å². The highest BCUT2D eigenvalue weighted by atomic mass is 16.5. The van der Waals surface area contributed by atoms with Gasteiger partial charge in [-0.05, 0) is 50.6 Å². The summed E-state index contributed by atoms with van der Waals surface area (Å²) in [6.07, 6.45) is 4.15.